The SMILES string of the molecule is CO[C@@H](c1ccccc1)C(C)O[C@H](c1ccc2c(c1)OCO2)[C@H]1COC(=O)[C@@H]1C(=O)c1ccc2c(c1)OCO2. The Kier molecular flexibility index (Phi) is 6.85. The molecule has 1 fully saturated rings. The van der Waals surface area contributed by atoms with E-state index in [0.29, 0.717) is 28.6 Å². The number of hydrogen-bond donors (Lipinski definition) is 0. The number of ether oxygens (including phenoxy) is 7. The molecule has 9 heteroatoms. The van der Waals surface area contributed by atoms with Crippen molar-refractivity contribution in [2.24, 2.45) is 11.8 Å². The zero-order valence-electron chi connectivity index (χ0n) is 21.5. The number of carbonyl (C=O) groups is 2. The lowest BCUT2D eigenvalue weighted by atomic mass is 9.81. The molecule has 3 aromatic carbocycles. The molecule has 1 unspecified atom stereocenters. The first-order valence-electron chi connectivity index (χ1n) is 12.8. The highest BCUT2D eigenvalue weighted by atomic mass is 16.7. The molecule has 0 aromatic heterocycles. The zero-order valence-corrected chi connectivity index (χ0v) is 21.5. The van der Waals surface area contributed by atoms with Gasteiger partial charge in [0.15, 0.2) is 28.8 Å². The monoisotopic (exact) mass is 532 g/mol. The molecule has 1 saturated heterocycles. The molecular formula is C30H28O9. The molecule has 0 saturated carbocycles. The standard InChI is InChI=1S/C30H28O9/c1-17(28(33-2)18-6-4-3-5-7-18)39-29(20-9-11-23-25(13-20)38-16-36-23)21-14-34-30(32)26(21)27(31)19-8-10-22-24(12-19)37-15-35-22/h3-13,17,21,26,28-29H,14-16H2,1-2H3/t17?,21-,26-,28+,29+/m0/s1. The van der Waals surface area contributed by atoms with Gasteiger partial charge in [-0.15, -0.1) is 0 Å². The van der Waals surface area contributed by atoms with Gasteiger partial charge in [0, 0.05) is 18.6 Å². The lowest BCUT2D eigenvalue weighted by Crippen LogP contribution is -2.34. The lowest BCUT2D eigenvalue weighted by molar-refractivity contribution is -0.140. The summed E-state index contributed by atoms with van der Waals surface area (Å²) in [5.41, 5.74) is 2.02. The summed E-state index contributed by atoms with van der Waals surface area (Å²) in [5.74, 6) is -0.423. The first-order chi connectivity index (χ1) is 19.0. The van der Waals surface area contributed by atoms with Crippen LogP contribution in [-0.4, -0.2) is 45.2 Å². The van der Waals surface area contributed by atoms with E-state index in [4.69, 9.17) is 33.2 Å². The number of cyclic esters (lactones) is 1. The minimum absolute atomic E-state index is 0.0224. The van der Waals surface area contributed by atoms with Gasteiger partial charge in [0.1, 0.15) is 12.0 Å². The van der Waals surface area contributed by atoms with E-state index in [2.05, 4.69) is 0 Å². The fourth-order valence-corrected chi connectivity index (χ4v) is 5.39. The Morgan fingerprint density at radius 1 is 0.821 bits per heavy atom. The third-order valence-corrected chi connectivity index (χ3v) is 7.32. The fourth-order valence-electron chi connectivity index (χ4n) is 5.39. The van der Waals surface area contributed by atoms with Crippen molar-refractivity contribution in [1.29, 1.82) is 0 Å². The fraction of sp³-hybridized carbons (Fsp3) is 0.333. The number of fused-ring (bicyclic) bond motifs is 2. The van der Waals surface area contributed by atoms with Crippen LogP contribution in [0.15, 0.2) is 66.7 Å². The number of benzene rings is 3. The van der Waals surface area contributed by atoms with Crippen molar-refractivity contribution in [3.63, 3.8) is 0 Å². The smallest absolute Gasteiger partial charge is 0.317 e. The molecule has 0 N–H and O–H groups in total. The van der Waals surface area contributed by atoms with Crippen LogP contribution in [-0.2, 0) is 19.0 Å². The van der Waals surface area contributed by atoms with Gasteiger partial charge >= 0.3 is 5.97 Å². The molecule has 39 heavy (non-hydrogen) atoms. The quantitative estimate of drug-likeness (QED) is 0.222. The highest BCUT2D eigenvalue weighted by Crippen LogP contribution is 2.44. The van der Waals surface area contributed by atoms with Crippen LogP contribution in [0.2, 0.25) is 0 Å². The topological polar surface area (TPSA) is 98.8 Å². The Hall–Kier alpha value is -4.08. The molecule has 5 atom stereocenters. The van der Waals surface area contributed by atoms with Gasteiger partial charge in [-0.25, -0.2) is 0 Å². The lowest BCUT2D eigenvalue weighted by Gasteiger charge is -2.32. The van der Waals surface area contributed by atoms with E-state index < -0.39 is 30.0 Å². The van der Waals surface area contributed by atoms with Gasteiger partial charge in [-0.3, -0.25) is 9.59 Å². The van der Waals surface area contributed by atoms with Gasteiger partial charge in [-0.2, -0.15) is 0 Å². The number of Topliss-reactive ketones (excluding diaryl/α,β-unsaturated/α-hetero) is 1. The van der Waals surface area contributed by atoms with Crippen LogP contribution in [0.4, 0.5) is 0 Å². The van der Waals surface area contributed by atoms with Crippen molar-refractivity contribution in [2.75, 3.05) is 27.3 Å². The van der Waals surface area contributed by atoms with Crippen LogP contribution in [0.3, 0.4) is 0 Å². The van der Waals surface area contributed by atoms with Gasteiger partial charge in [-0.1, -0.05) is 36.4 Å². The van der Waals surface area contributed by atoms with Crippen LogP contribution in [0.1, 0.15) is 40.6 Å². The minimum atomic E-state index is -1.08. The van der Waals surface area contributed by atoms with Crippen molar-refractivity contribution >= 4 is 11.8 Å². The summed E-state index contributed by atoms with van der Waals surface area (Å²) in [6.07, 6.45) is -1.51. The van der Waals surface area contributed by atoms with Crippen molar-refractivity contribution in [3.8, 4) is 23.0 Å². The molecule has 3 heterocycles. The molecule has 6 rings (SSSR count). The van der Waals surface area contributed by atoms with E-state index in [-0.39, 0.29) is 32.1 Å². The zero-order chi connectivity index (χ0) is 26.9. The predicted octanol–water partition coefficient (Wildman–Crippen LogP) is 4.65. The summed E-state index contributed by atoms with van der Waals surface area (Å²) in [7, 11) is 1.63. The molecule has 3 aromatic rings. The minimum Gasteiger partial charge on any atom is -0.465 e. The Morgan fingerprint density at radius 3 is 2.21 bits per heavy atom. The Balaban J connectivity index is 1.34. The molecule has 0 radical (unpaired) electrons. The summed E-state index contributed by atoms with van der Waals surface area (Å²) in [4.78, 5) is 26.8. The van der Waals surface area contributed by atoms with Crippen molar-refractivity contribution < 1.29 is 42.7 Å². The third-order valence-electron chi connectivity index (χ3n) is 7.32. The molecule has 3 aliphatic rings. The molecule has 202 valence electrons. The molecular weight excluding hydrogens is 504 g/mol. The molecule has 0 bridgehead atoms. The second-order valence-electron chi connectivity index (χ2n) is 9.65. The van der Waals surface area contributed by atoms with Crippen LogP contribution in [0.25, 0.3) is 0 Å². The maximum atomic E-state index is 13.8. The number of esters is 1. The number of methoxy groups -OCH3 is 1. The van der Waals surface area contributed by atoms with Crippen LogP contribution < -0.4 is 18.9 Å². The molecule has 9 nitrogen and oxygen atoms in total. The van der Waals surface area contributed by atoms with Crippen LogP contribution in [0.5, 0.6) is 23.0 Å². The Labute approximate surface area is 225 Å². The van der Waals surface area contributed by atoms with Gasteiger partial charge in [0.05, 0.1) is 18.8 Å². The number of ketones is 1. The summed E-state index contributed by atoms with van der Waals surface area (Å²) < 4.78 is 39.9. The summed E-state index contributed by atoms with van der Waals surface area (Å²) in [6, 6.07) is 20.1. The molecule has 0 aliphatic carbocycles. The van der Waals surface area contributed by atoms with Gasteiger partial charge in [-0.05, 0) is 48.4 Å². The third kappa shape index (κ3) is 4.79. The Morgan fingerprint density at radius 2 is 1.49 bits per heavy atom. The number of carbonyl (C=O) groups excluding carboxylic acids is 2. The van der Waals surface area contributed by atoms with E-state index in [1.54, 1.807) is 31.4 Å². The first-order valence-corrected chi connectivity index (χ1v) is 12.8. The van der Waals surface area contributed by atoms with Gasteiger partial charge < -0.3 is 33.2 Å². The van der Waals surface area contributed by atoms with E-state index in [1.807, 2.05) is 49.4 Å². The highest BCUT2D eigenvalue weighted by Gasteiger charge is 2.48. The van der Waals surface area contributed by atoms with Crippen molar-refractivity contribution in [3.05, 3.63) is 83.4 Å². The second-order valence-corrected chi connectivity index (χ2v) is 9.65. The van der Waals surface area contributed by atoms with E-state index >= 15 is 0 Å². The predicted molar refractivity (Wildman–Crippen MR) is 137 cm³/mol. The van der Waals surface area contributed by atoms with Gasteiger partial charge in [0.2, 0.25) is 13.6 Å². The normalized spacial score (nSPS) is 21.3. The number of rotatable bonds is 9. The van der Waals surface area contributed by atoms with Crippen molar-refractivity contribution in [1.82, 2.24) is 0 Å². The van der Waals surface area contributed by atoms with Gasteiger partial charge in [0.25, 0.3) is 0 Å². The van der Waals surface area contributed by atoms with E-state index in [9.17, 15) is 9.59 Å². The van der Waals surface area contributed by atoms with Crippen molar-refractivity contribution in [2.45, 2.75) is 25.2 Å². The average Bonchev–Trinajstić information content (AvgIpc) is 3.71. The maximum absolute atomic E-state index is 13.8. The summed E-state index contributed by atoms with van der Waals surface area (Å²) >= 11 is 0. The second kappa shape index (κ2) is 10.6. The average molecular weight is 533 g/mol. The van der Waals surface area contributed by atoms with E-state index in [0.717, 1.165) is 11.1 Å². The summed E-state index contributed by atoms with van der Waals surface area (Å²) in [5, 5.41) is 0. The molecule has 0 amide bonds. The summed E-state index contributed by atoms with van der Waals surface area (Å²) in [6.45, 7) is 2.14. The van der Waals surface area contributed by atoms with E-state index in [1.165, 1.54) is 0 Å². The molecule has 3 aliphatic heterocycles. The first kappa shape index (κ1) is 25.2. The Bertz CT molecular complexity index is 1370. The van der Waals surface area contributed by atoms with Crippen LogP contribution in [0, 0.1) is 11.8 Å². The number of hydrogen-bond acceptors (Lipinski definition) is 9. The largest absolute Gasteiger partial charge is 0.465 e. The molecule has 0 spiro atoms. The highest BCUT2D eigenvalue weighted by molar-refractivity contribution is 6.10. The van der Waals surface area contributed by atoms with Crippen LogP contribution >= 0.6 is 0 Å². The maximum Gasteiger partial charge on any atom is 0.317 e.